The molecule has 1 unspecified atom stereocenters. The van der Waals surface area contributed by atoms with Crippen LogP contribution in [0, 0.1) is 0 Å². The number of benzene rings is 1. The minimum absolute atomic E-state index is 0.198. The van der Waals surface area contributed by atoms with Crippen molar-refractivity contribution >= 4 is 27.2 Å². The molecule has 0 aliphatic carbocycles. The van der Waals surface area contributed by atoms with Crippen molar-refractivity contribution in [2.45, 2.75) is 45.4 Å². The number of thiophene rings is 1. The third kappa shape index (κ3) is 2.45. The van der Waals surface area contributed by atoms with Gasteiger partial charge in [-0.1, -0.05) is 18.2 Å². The molecule has 2 aliphatic rings. The molecule has 5 heterocycles. The van der Waals surface area contributed by atoms with Gasteiger partial charge in [0.15, 0.2) is 5.65 Å². The second-order valence-electron chi connectivity index (χ2n) is 7.76. The minimum Gasteiger partial charge on any atom is -0.457 e. The van der Waals surface area contributed by atoms with Crippen LogP contribution in [-0.4, -0.2) is 25.2 Å². The molecule has 0 N–H and O–H groups in total. The van der Waals surface area contributed by atoms with E-state index in [0.717, 1.165) is 33.6 Å². The number of hydrogen-bond donors (Lipinski definition) is 0. The number of nitrogens with zero attached hydrogens (tertiary/aromatic N) is 4. The third-order valence-corrected chi connectivity index (χ3v) is 6.35. The molecule has 7 nitrogen and oxygen atoms in total. The van der Waals surface area contributed by atoms with Crippen molar-refractivity contribution in [3.8, 4) is 5.75 Å². The van der Waals surface area contributed by atoms with Crippen molar-refractivity contribution in [3.63, 3.8) is 0 Å². The lowest BCUT2D eigenvalue weighted by Crippen LogP contribution is -2.31. The molecule has 0 saturated heterocycles. The van der Waals surface area contributed by atoms with Crippen LogP contribution < -0.4 is 4.74 Å². The Bertz CT molecular complexity index is 1230. The van der Waals surface area contributed by atoms with E-state index in [-0.39, 0.29) is 5.60 Å². The summed E-state index contributed by atoms with van der Waals surface area (Å²) in [4.78, 5) is 11.6. The van der Waals surface area contributed by atoms with E-state index < -0.39 is 6.29 Å². The summed E-state index contributed by atoms with van der Waals surface area (Å²) in [6.07, 6.45) is 1.91. The normalized spacial score (nSPS) is 20.7. The van der Waals surface area contributed by atoms with E-state index in [1.807, 2.05) is 24.3 Å². The molecule has 0 bridgehead atoms. The Kier molecular flexibility index (Phi) is 3.36. The van der Waals surface area contributed by atoms with Gasteiger partial charge < -0.3 is 14.2 Å². The molecule has 1 atom stereocenters. The Morgan fingerprint density at radius 3 is 3.04 bits per heavy atom. The van der Waals surface area contributed by atoms with Crippen LogP contribution in [0.25, 0.3) is 15.9 Å². The largest absolute Gasteiger partial charge is 0.457 e. The Balaban J connectivity index is 1.47. The van der Waals surface area contributed by atoms with Gasteiger partial charge in [0.1, 0.15) is 16.9 Å². The number of aromatic nitrogens is 4. The van der Waals surface area contributed by atoms with E-state index in [0.29, 0.717) is 19.0 Å². The zero-order valence-electron chi connectivity index (χ0n) is 15.5. The average Bonchev–Trinajstić information content (AvgIpc) is 3.27. The van der Waals surface area contributed by atoms with Crippen LogP contribution in [0.5, 0.6) is 5.75 Å². The summed E-state index contributed by atoms with van der Waals surface area (Å²) < 4.78 is 19.5. The van der Waals surface area contributed by atoms with Crippen molar-refractivity contribution in [2.75, 3.05) is 0 Å². The standard InChI is InChI=1S/C20H18N4O3S/c1-20(2)7-12-14(9-26-20)28-18-15(12)17-22-16(23-24(17)10-21-18)19-25-8-11-5-3-4-6-13(11)27-19/h3-6,10,19H,7-9H2,1-2H3. The van der Waals surface area contributed by atoms with Crippen LogP contribution >= 0.6 is 11.3 Å². The lowest BCUT2D eigenvalue weighted by atomic mass is 9.94. The highest BCUT2D eigenvalue weighted by atomic mass is 32.1. The molecule has 1 aromatic carbocycles. The fourth-order valence-electron chi connectivity index (χ4n) is 3.84. The molecule has 6 rings (SSSR count). The van der Waals surface area contributed by atoms with Gasteiger partial charge in [0.25, 0.3) is 6.29 Å². The highest BCUT2D eigenvalue weighted by Crippen LogP contribution is 2.40. The number of hydrogen-bond acceptors (Lipinski definition) is 7. The Hall–Kier alpha value is -2.55. The molecule has 142 valence electrons. The van der Waals surface area contributed by atoms with Crippen LogP contribution in [0.3, 0.4) is 0 Å². The molecule has 0 spiro atoms. The summed E-state index contributed by atoms with van der Waals surface area (Å²) in [5, 5.41) is 5.65. The maximum absolute atomic E-state index is 5.99. The fourth-order valence-corrected chi connectivity index (χ4v) is 4.90. The van der Waals surface area contributed by atoms with Gasteiger partial charge in [-0.15, -0.1) is 16.4 Å². The lowest BCUT2D eigenvalue weighted by Gasteiger charge is -2.30. The highest BCUT2D eigenvalue weighted by molar-refractivity contribution is 7.19. The smallest absolute Gasteiger partial charge is 0.263 e. The second kappa shape index (κ2) is 5.73. The van der Waals surface area contributed by atoms with Crippen molar-refractivity contribution in [2.24, 2.45) is 0 Å². The van der Waals surface area contributed by atoms with E-state index in [4.69, 9.17) is 19.2 Å². The van der Waals surface area contributed by atoms with E-state index >= 15 is 0 Å². The maximum Gasteiger partial charge on any atom is 0.263 e. The topological polar surface area (TPSA) is 70.8 Å². The van der Waals surface area contributed by atoms with Crippen LogP contribution in [-0.2, 0) is 29.1 Å². The summed E-state index contributed by atoms with van der Waals surface area (Å²) in [6.45, 7) is 5.32. The van der Waals surface area contributed by atoms with Crippen LogP contribution in [0.15, 0.2) is 30.6 Å². The Morgan fingerprint density at radius 2 is 2.11 bits per heavy atom. The van der Waals surface area contributed by atoms with Gasteiger partial charge in [0, 0.05) is 16.9 Å². The zero-order valence-corrected chi connectivity index (χ0v) is 16.3. The summed E-state index contributed by atoms with van der Waals surface area (Å²) >= 11 is 1.67. The van der Waals surface area contributed by atoms with Crippen LogP contribution in [0.2, 0.25) is 0 Å². The molecule has 8 heteroatoms. The molecule has 28 heavy (non-hydrogen) atoms. The van der Waals surface area contributed by atoms with Crippen LogP contribution in [0.4, 0.5) is 0 Å². The maximum atomic E-state index is 5.99. The summed E-state index contributed by atoms with van der Waals surface area (Å²) in [6, 6.07) is 7.87. The number of fused-ring (bicyclic) bond motifs is 6. The summed E-state index contributed by atoms with van der Waals surface area (Å²) in [5.41, 5.74) is 2.89. The Labute approximate surface area is 164 Å². The molecular formula is C20H18N4O3S. The first-order valence-corrected chi connectivity index (χ1v) is 10.0. The molecule has 0 saturated carbocycles. The second-order valence-corrected chi connectivity index (χ2v) is 8.84. The SMILES string of the molecule is CC1(C)Cc2c(sc3ncn4nc(C5OCc6ccccc6O5)nc4c23)CO1. The van der Waals surface area contributed by atoms with Crippen molar-refractivity contribution in [3.05, 3.63) is 52.4 Å². The number of rotatable bonds is 1. The van der Waals surface area contributed by atoms with Crippen molar-refractivity contribution in [1.29, 1.82) is 0 Å². The summed E-state index contributed by atoms with van der Waals surface area (Å²) in [5.74, 6) is 1.32. The zero-order chi connectivity index (χ0) is 18.9. The average molecular weight is 394 g/mol. The van der Waals surface area contributed by atoms with Crippen LogP contribution in [0.1, 0.15) is 42.0 Å². The Morgan fingerprint density at radius 1 is 1.21 bits per heavy atom. The molecule has 0 fully saturated rings. The number of para-hydroxylation sites is 1. The highest BCUT2D eigenvalue weighted by Gasteiger charge is 2.32. The predicted molar refractivity (Wildman–Crippen MR) is 103 cm³/mol. The first kappa shape index (κ1) is 16.4. The van der Waals surface area contributed by atoms with Crippen molar-refractivity contribution < 1.29 is 14.2 Å². The first-order chi connectivity index (χ1) is 13.6. The molecule has 0 radical (unpaired) electrons. The third-order valence-electron chi connectivity index (χ3n) is 5.23. The van der Waals surface area contributed by atoms with E-state index in [1.54, 1.807) is 22.2 Å². The van der Waals surface area contributed by atoms with E-state index in [1.165, 1.54) is 10.4 Å². The van der Waals surface area contributed by atoms with Gasteiger partial charge in [-0.25, -0.2) is 14.5 Å². The van der Waals surface area contributed by atoms with E-state index in [2.05, 4.69) is 23.9 Å². The molecule has 3 aromatic heterocycles. The van der Waals surface area contributed by atoms with Gasteiger partial charge in [-0.2, -0.15) is 0 Å². The minimum atomic E-state index is -0.626. The van der Waals surface area contributed by atoms with Crippen molar-refractivity contribution in [1.82, 2.24) is 19.6 Å². The fraction of sp³-hybridized carbons (Fsp3) is 0.350. The predicted octanol–water partition coefficient (Wildman–Crippen LogP) is 3.80. The molecule has 2 aliphatic heterocycles. The number of ether oxygens (including phenoxy) is 3. The van der Waals surface area contributed by atoms with Gasteiger partial charge in [0.05, 0.1) is 24.2 Å². The van der Waals surface area contributed by atoms with Gasteiger partial charge in [-0.05, 0) is 25.5 Å². The summed E-state index contributed by atoms with van der Waals surface area (Å²) in [7, 11) is 0. The van der Waals surface area contributed by atoms with Gasteiger partial charge >= 0.3 is 0 Å². The molecule has 4 aromatic rings. The molecule has 0 amide bonds. The monoisotopic (exact) mass is 394 g/mol. The first-order valence-electron chi connectivity index (χ1n) is 9.23. The van der Waals surface area contributed by atoms with Gasteiger partial charge in [0.2, 0.25) is 5.82 Å². The van der Waals surface area contributed by atoms with E-state index in [9.17, 15) is 0 Å². The lowest BCUT2D eigenvalue weighted by molar-refractivity contribution is -0.116. The van der Waals surface area contributed by atoms with Gasteiger partial charge in [-0.3, -0.25) is 0 Å². The molecular weight excluding hydrogens is 376 g/mol. The quantitative estimate of drug-likeness (QED) is 0.489.